The lowest BCUT2D eigenvalue weighted by Gasteiger charge is -2.14. The van der Waals surface area contributed by atoms with Crippen LogP contribution in [0.5, 0.6) is 0 Å². The Hall–Kier alpha value is -2.47. The van der Waals surface area contributed by atoms with E-state index in [1.807, 2.05) is 37.3 Å². The highest BCUT2D eigenvalue weighted by atomic mass is 35.5. The first-order chi connectivity index (χ1) is 12.4. The van der Waals surface area contributed by atoms with E-state index in [4.69, 9.17) is 16.3 Å². The normalized spacial score (nSPS) is 11.7. The number of nitrogens with one attached hydrogen (secondary N) is 1. The van der Waals surface area contributed by atoms with Gasteiger partial charge >= 0.3 is 5.97 Å². The lowest BCUT2D eigenvalue weighted by molar-refractivity contribution is -0.124. The number of aryl methyl sites for hydroxylation is 1. The second-order valence-corrected chi connectivity index (χ2v) is 6.22. The number of halogens is 3. The van der Waals surface area contributed by atoms with Gasteiger partial charge in [0.25, 0.3) is 5.91 Å². The molecule has 0 saturated heterocycles. The van der Waals surface area contributed by atoms with Gasteiger partial charge in [0.1, 0.15) is 0 Å². The fraction of sp³-hybridized carbons (Fsp3) is 0.263. The van der Waals surface area contributed by atoms with Gasteiger partial charge in [-0.15, -0.1) is 0 Å². The topological polar surface area (TPSA) is 55.4 Å². The number of hydrogen-bond donors (Lipinski definition) is 1. The summed E-state index contributed by atoms with van der Waals surface area (Å²) in [6.45, 7) is 1.30. The van der Waals surface area contributed by atoms with Crippen LogP contribution in [0.1, 0.15) is 29.3 Å². The summed E-state index contributed by atoms with van der Waals surface area (Å²) >= 11 is 5.69. The second-order valence-electron chi connectivity index (χ2n) is 5.82. The van der Waals surface area contributed by atoms with Crippen LogP contribution in [0.2, 0.25) is 5.02 Å². The molecule has 7 heteroatoms. The molecule has 26 heavy (non-hydrogen) atoms. The molecule has 1 atom stereocenters. The minimum absolute atomic E-state index is 0.117. The molecule has 0 heterocycles. The Morgan fingerprint density at radius 2 is 1.81 bits per heavy atom. The van der Waals surface area contributed by atoms with Crippen molar-refractivity contribution in [3.63, 3.8) is 0 Å². The molecule has 0 unspecified atom stereocenters. The van der Waals surface area contributed by atoms with Crippen LogP contribution in [-0.2, 0) is 16.0 Å². The smallest absolute Gasteiger partial charge is 0.340 e. The number of hydrogen-bond acceptors (Lipinski definition) is 3. The second kappa shape index (κ2) is 9.29. The molecular weight excluding hydrogens is 364 g/mol. The lowest BCUT2D eigenvalue weighted by atomic mass is 10.1. The van der Waals surface area contributed by atoms with Gasteiger partial charge in [-0.1, -0.05) is 41.9 Å². The van der Waals surface area contributed by atoms with Crippen molar-refractivity contribution in [2.75, 3.05) is 6.61 Å². The van der Waals surface area contributed by atoms with Gasteiger partial charge in [0.05, 0.1) is 10.6 Å². The molecular formula is C19H18ClF2NO3. The van der Waals surface area contributed by atoms with Crippen molar-refractivity contribution in [1.82, 2.24) is 5.32 Å². The molecule has 0 bridgehead atoms. The molecule has 2 aromatic carbocycles. The summed E-state index contributed by atoms with van der Waals surface area (Å²) in [5, 5.41) is 2.42. The van der Waals surface area contributed by atoms with Gasteiger partial charge in [-0.25, -0.2) is 13.6 Å². The van der Waals surface area contributed by atoms with E-state index in [-0.39, 0.29) is 16.6 Å². The average molecular weight is 382 g/mol. The largest absolute Gasteiger partial charge is 0.452 e. The van der Waals surface area contributed by atoms with Gasteiger partial charge in [-0.2, -0.15) is 0 Å². The number of rotatable bonds is 7. The summed E-state index contributed by atoms with van der Waals surface area (Å²) in [5.41, 5.74) is 0.823. The molecule has 0 aliphatic carbocycles. The lowest BCUT2D eigenvalue weighted by Crippen LogP contribution is -2.36. The van der Waals surface area contributed by atoms with Crippen molar-refractivity contribution in [2.24, 2.45) is 0 Å². The molecule has 0 fully saturated rings. The fourth-order valence-corrected chi connectivity index (χ4v) is 2.53. The molecule has 2 rings (SSSR count). The summed E-state index contributed by atoms with van der Waals surface area (Å²) in [6, 6.07) is 11.0. The Labute approximate surface area is 155 Å². The summed E-state index contributed by atoms with van der Waals surface area (Å²) in [7, 11) is 0. The van der Waals surface area contributed by atoms with Crippen molar-refractivity contribution in [3.8, 4) is 0 Å². The van der Waals surface area contributed by atoms with Gasteiger partial charge in [0.15, 0.2) is 18.2 Å². The molecule has 0 aromatic heterocycles. The molecule has 1 amide bonds. The van der Waals surface area contributed by atoms with Crippen LogP contribution < -0.4 is 5.32 Å². The molecule has 2 aromatic rings. The van der Waals surface area contributed by atoms with Gasteiger partial charge in [0.2, 0.25) is 0 Å². The third kappa shape index (κ3) is 5.81. The Morgan fingerprint density at radius 1 is 1.15 bits per heavy atom. The molecule has 0 spiro atoms. The van der Waals surface area contributed by atoms with E-state index < -0.39 is 30.1 Å². The van der Waals surface area contributed by atoms with E-state index in [0.717, 1.165) is 18.4 Å². The van der Waals surface area contributed by atoms with Gasteiger partial charge < -0.3 is 10.1 Å². The van der Waals surface area contributed by atoms with E-state index in [1.165, 1.54) is 0 Å². The number of benzene rings is 2. The average Bonchev–Trinajstić information content (AvgIpc) is 2.62. The van der Waals surface area contributed by atoms with Crippen molar-refractivity contribution in [1.29, 1.82) is 0 Å². The number of ether oxygens (including phenoxy) is 1. The zero-order valence-electron chi connectivity index (χ0n) is 14.1. The van der Waals surface area contributed by atoms with Crippen LogP contribution >= 0.6 is 11.6 Å². The van der Waals surface area contributed by atoms with Crippen LogP contribution in [0.3, 0.4) is 0 Å². The fourth-order valence-electron chi connectivity index (χ4n) is 2.30. The van der Waals surface area contributed by atoms with Crippen LogP contribution in [-0.4, -0.2) is 24.5 Å². The highest BCUT2D eigenvalue weighted by molar-refractivity contribution is 6.33. The standard InChI is InChI=1S/C19H18ClF2NO3/c1-12(7-8-13-5-3-2-4-6-13)23-18(24)11-26-19(25)14-9-16(21)17(22)10-15(14)20/h2-6,9-10,12H,7-8,11H2,1H3,(H,23,24)/t12-/m0/s1. The van der Waals surface area contributed by atoms with E-state index in [9.17, 15) is 18.4 Å². The maximum atomic E-state index is 13.2. The highest BCUT2D eigenvalue weighted by Gasteiger charge is 2.18. The summed E-state index contributed by atoms with van der Waals surface area (Å²) in [6.07, 6.45) is 1.52. The Balaban J connectivity index is 1.79. The molecule has 4 nitrogen and oxygen atoms in total. The first-order valence-corrected chi connectivity index (χ1v) is 8.39. The van der Waals surface area contributed by atoms with E-state index in [0.29, 0.717) is 12.1 Å². The number of carbonyl (C=O) groups excluding carboxylic acids is 2. The first kappa shape index (κ1) is 19.8. The van der Waals surface area contributed by atoms with Crippen molar-refractivity contribution >= 4 is 23.5 Å². The molecule has 1 N–H and O–H groups in total. The third-order valence-corrected chi connectivity index (χ3v) is 3.99. The number of esters is 1. The minimum Gasteiger partial charge on any atom is -0.452 e. The minimum atomic E-state index is -1.22. The van der Waals surface area contributed by atoms with Crippen molar-refractivity contribution < 1.29 is 23.1 Å². The van der Waals surface area contributed by atoms with Crippen molar-refractivity contribution in [3.05, 3.63) is 70.2 Å². The summed E-state index contributed by atoms with van der Waals surface area (Å²) in [5.74, 6) is -3.88. The first-order valence-electron chi connectivity index (χ1n) is 8.01. The molecule has 0 radical (unpaired) electrons. The van der Waals surface area contributed by atoms with Crippen LogP contribution in [0.25, 0.3) is 0 Å². The van der Waals surface area contributed by atoms with E-state index >= 15 is 0 Å². The van der Waals surface area contributed by atoms with Gasteiger partial charge in [-0.05, 0) is 37.5 Å². The molecule has 0 aliphatic rings. The van der Waals surface area contributed by atoms with E-state index in [1.54, 1.807) is 0 Å². The van der Waals surface area contributed by atoms with Crippen molar-refractivity contribution in [2.45, 2.75) is 25.8 Å². The number of amides is 1. The van der Waals surface area contributed by atoms with Crippen LogP contribution in [0.15, 0.2) is 42.5 Å². The molecule has 138 valence electrons. The summed E-state index contributed by atoms with van der Waals surface area (Å²) < 4.78 is 31.0. The van der Waals surface area contributed by atoms with Gasteiger partial charge in [0, 0.05) is 6.04 Å². The SMILES string of the molecule is C[C@@H](CCc1ccccc1)NC(=O)COC(=O)c1cc(F)c(F)cc1Cl. The molecule has 0 saturated carbocycles. The maximum Gasteiger partial charge on any atom is 0.340 e. The maximum absolute atomic E-state index is 13.2. The Kier molecular flexibility index (Phi) is 7.09. The van der Waals surface area contributed by atoms with Crippen LogP contribution in [0.4, 0.5) is 8.78 Å². The monoisotopic (exact) mass is 381 g/mol. The van der Waals surface area contributed by atoms with E-state index in [2.05, 4.69) is 5.32 Å². The third-order valence-electron chi connectivity index (χ3n) is 3.68. The van der Waals surface area contributed by atoms with Crippen LogP contribution in [0, 0.1) is 11.6 Å². The predicted octanol–water partition coefficient (Wildman–Crippen LogP) is 3.91. The highest BCUT2D eigenvalue weighted by Crippen LogP contribution is 2.20. The predicted molar refractivity (Wildman–Crippen MR) is 94.0 cm³/mol. The summed E-state index contributed by atoms with van der Waals surface area (Å²) in [4.78, 5) is 23.7. The quantitative estimate of drug-likeness (QED) is 0.584. The Bertz CT molecular complexity index is 784. The molecule has 0 aliphatic heterocycles. The Morgan fingerprint density at radius 3 is 2.50 bits per heavy atom. The van der Waals surface area contributed by atoms with Gasteiger partial charge in [-0.3, -0.25) is 4.79 Å². The number of carbonyl (C=O) groups is 2. The zero-order valence-corrected chi connectivity index (χ0v) is 14.9. The zero-order chi connectivity index (χ0) is 19.1.